The molecular weight excluding hydrogens is 184 g/mol. The zero-order valence-electron chi connectivity index (χ0n) is 8.38. The maximum Gasteiger partial charge on any atom is 0.234 e. The molecule has 0 bridgehead atoms. The predicted molar refractivity (Wildman–Crippen MR) is 52.9 cm³/mol. The predicted octanol–water partition coefficient (Wildman–Crippen LogP) is 2.66. The Morgan fingerprint density at radius 2 is 2.08 bits per heavy atom. The molecule has 1 aliphatic heterocycles. The zero-order valence-corrected chi connectivity index (χ0v) is 9.20. The van der Waals surface area contributed by atoms with E-state index in [0.717, 1.165) is 4.88 Å². The molecule has 72 valence electrons. The molecule has 1 saturated heterocycles. The lowest BCUT2D eigenvalue weighted by Crippen LogP contribution is -2.19. The van der Waals surface area contributed by atoms with E-state index in [4.69, 9.17) is 9.47 Å². The summed E-state index contributed by atoms with van der Waals surface area (Å²) in [5.41, 5.74) is 1.08. The Morgan fingerprint density at radius 3 is 2.38 bits per heavy atom. The van der Waals surface area contributed by atoms with Crippen LogP contribution in [0.15, 0.2) is 11.4 Å². The van der Waals surface area contributed by atoms with E-state index in [-0.39, 0.29) is 5.60 Å². The molecule has 13 heavy (non-hydrogen) atoms. The van der Waals surface area contributed by atoms with Crippen LogP contribution in [0.4, 0.5) is 0 Å². The van der Waals surface area contributed by atoms with E-state index in [2.05, 4.69) is 18.4 Å². The Bertz CT molecular complexity index is 329. The van der Waals surface area contributed by atoms with E-state index in [1.807, 2.05) is 13.8 Å². The first-order chi connectivity index (χ1) is 6.02. The number of hydrogen-bond acceptors (Lipinski definition) is 3. The molecule has 2 heterocycles. The molecule has 0 amide bonds. The summed E-state index contributed by atoms with van der Waals surface area (Å²) in [7, 11) is 1.70. The molecule has 0 spiro atoms. The molecule has 1 fully saturated rings. The Labute approximate surface area is 82.5 Å². The molecule has 0 aromatic carbocycles. The van der Waals surface area contributed by atoms with Gasteiger partial charge in [-0.05, 0) is 37.8 Å². The summed E-state index contributed by atoms with van der Waals surface area (Å²) in [5, 5.41) is 2.12. The van der Waals surface area contributed by atoms with Gasteiger partial charge in [0.25, 0.3) is 0 Å². The summed E-state index contributed by atoms with van der Waals surface area (Å²) in [6.45, 7) is 6.18. The highest BCUT2D eigenvalue weighted by molar-refractivity contribution is 7.10. The van der Waals surface area contributed by atoms with Gasteiger partial charge in [-0.25, -0.2) is 0 Å². The summed E-state index contributed by atoms with van der Waals surface area (Å²) in [4.78, 5) is 1.16. The summed E-state index contributed by atoms with van der Waals surface area (Å²) < 4.78 is 11.1. The smallest absolute Gasteiger partial charge is 0.234 e. The van der Waals surface area contributed by atoms with Crippen LogP contribution in [0.1, 0.15) is 24.3 Å². The normalized spacial score (nSPS) is 30.5. The summed E-state index contributed by atoms with van der Waals surface area (Å²) >= 11 is 1.70. The minimum absolute atomic E-state index is 0.182. The van der Waals surface area contributed by atoms with E-state index < -0.39 is 5.79 Å². The van der Waals surface area contributed by atoms with Crippen molar-refractivity contribution in [1.82, 2.24) is 0 Å². The highest BCUT2D eigenvalue weighted by Gasteiger charge is 2.67. The average molecular weight is 198 g/mol. The van der Waals surface area contributed by atoms with Crippen LogP contribution < -0.4 is 0 Å². The molecule has 0 saturated carbocycles. The number of methoxy groups -OCH3 is 1. The number of aryl methyl sites for hydroxylation is 1. The van der Waals surface area contributed by atoms with Gasteiger partial charge >= 0.3 is 0 Å². The first-order valence-electron chi connectivity index (χ1n) is 4.33. The summed E-state index contributed by atoms with van der Waals surface area (Å²) in [6.07, 6.45) is 0. The minimum Gasteiger partial charge on any atom is -0.346 e. The molecule has 1 unspecified atom stereocenters. The van der Waals surface area contributed by atoms with Crippen molar-refractivity contribution in [2.24, 2.45) is 0 Å². The van der Waals surface area contributed by atoms with Gasteiger partial charge in [0, 0.05) is 7.11 Å². The van der Waals surface area contributed by atoms with Gasteiger partial charge in [-0.1, -0.05) is 0 Å². The van der Waals surface area contributed by atoms with Crippen LogP contribution >= 0.6 is 11.3 Å². The third kappa shape index (κ3) is 1.15. The number of ether oxygens (including phenoxy) is 2. The fourth-order valence-electron chi connectivity index (χ4n) is 1.67. The standard InChI is InChI=1S/C10H14O2S/c1-7-5-8(13-6-7)10(11-4)9(2,3)12-10/h5-6H,1-4H3. The SMILES string of the molecule is COC1(c2cc(C)cs2)OC1(C)C. The van der Waals surface area contributed by atoms with E-state index in [0.29, 0.717) is 0 Å². The Kier molecular flexibility index (Phi) is 1.81. The van der Waals surface area contributed by atoms with Crippen LogP contribution in [0.5, 0.6) is 0 Å². The quantitative estimate of drug-likeness (QED) is 0.681. The van der Waals surface area contributed by atoms with Gasteiger partial charge in [0.05, 0.1) is 4.88 Å². The molecule has 0 aliphatic carbocycles. The maximum atomic E-state index is 5.63. The number of thiophene rings is 1. The average Bonchev–Trinajstić information content (AvgIpc) is 2.43. The second-order valence-electron chi connectivity index (χ2n) is 3.92. The van der Waals surface area contributed by atoms with Crippen LogP contribution in [0.25, 0.3) is 0 Å². The van der Waals surface area contributed by atoms with Crippen molar-refractivity contribution < 1.29 is 9.47 Å². The molecule has 0 radical (unpaired) electrons. The Balaban J connectivity index is 2.35. The molecule has 2 nitrogen and oxygen atoms in total. The van der Waals surface area contributed by atoms with Gasteiger partial charge in [-0.15, -0.1) is 11.3 Å². The molecule has 0 N–H and O–H groups in total. The first kappa shape index (κ1) is 9.19. The third-order valence-corrected chi connectivity index (χ3v) is 3.62. The molecule has 2 rings (SSSR count). The minimum atomic E-state index is -0.480. The van der Waals surface area contributed by atoms with E-state index in [1.165, 1.54) is 5.56 Å². The monoisotopic (exact) mass is 198 g/mol. The zero-order chi connectivity index (χ0) is 9.69. The lowest BCUT2D eigenvalue weighted by Gasteiger charge is -2.10. The largest absolute Gasteiger partial charge is 0.346 e. The van der Waals surface area contributed by atoms with Gasteiger partial charge in [-0.2, -0.15) is 0 Å². The lowest BCUT2D eigenvalue weighted by molar-refractivity contribution is -0.0118. The lowest BCUT2D eigenvalue weighted by atomic mass is 10.1. The van der Waals surface area contributed by atoms with Gasteiger partial charge in [-0.3, -0.25) is 0 Å². The van der Waals surface area contributed by atoms with E-state index in [1.54, 1.807) is 18.4 Å². The Morgan fingerprint density at radius 1 is 1.46 bits per heavy atom. The van der Waals surface area contributed by atoms with Crippen LogP contribution in [-0.2, 0) is 15.3 Å². The van der Waals surface area contributed by atoms with Gasteiger partial charge in [0.1, 0.15) is 5.60 Å². The van der Waals surface area contributed by atoms with Crippen molar-refractivity contribution in [1.29, 1.82) is 0 Å². The Hall–Kier alpha value is -0.380. The van der Waals surface area contributed by atoms with E-state index >= 15 is 0 Å². The fraction of sp³-hybridized carbons (Fsp3) is 0.600. The van der Waals surface area contributed by atoms with Crippen molar-refractivity contribution >= 4 is 11.3 Å². The highest BCUT2D eigenvalue weighted by atomic mass is 32.1. The summed E-state index contributed by atoms with van der Waals surface area (Å²) in [5.74, 6) is -0.480. The number of epoxide rings is 1. The topological polar surface area (TPSA) is 21.8 Å². The number of rotatable bonds is 2. The second-order valence-corrected chi connectivity index (χ2v) is 4.83. The molecule has 1 atom stereocenters. The van der Waals surface area contributed by atoms with Gasteiger partial charge in [0.2, 0.25) is 5.79 Å². The molecule has 3 heteroatoms. The first-order valence-corrected chi connectivity index (χ1v) is 5.21. The molecule has 1 aromatic rings. The van der Waals surface area contributed by atoms with Crippen molar-refractivity contribution in [3.63, 3.8) is 0 Å². The van der Waals surface area contributed by atoms with Gasteiger partial charge < -0.3 is 9.47 Å². The van der Waals surface area contributed by atoms with Crippen molar-refractivity contribution in [2.75, 3.05) is 7.11 Å². The summed E-state index contributed by atoms with van der Waals surface area (Å²) in [6, 6.07) is 2.13. The second kappa shape index (κ2) is 2.56. The van der Waals surface area contributed by atoms with Crippen molar-refractivity contribution in [2.45, 2.75) is 32.2 Å². The van der Waals surface area contributed by atoms with Gasteiger partial charge in [0.15, 0.2) is 0 Å². The highest BCUT2D eigenvalue weighted by Crippen LogP contribution is 2.57. The van der Waals surface area contributed by atoms with Crippen LogP contribution in [0.3, 0.4) is 0 Å². The third-order valence-electron chi connectivity index (χ3n) is 2.49. The maximum absolute atomic E-state index is 5.63. The molecule has 1 aliphatic rings. The van der Waals surface area contributed by atoms with Crippen LogP contribution in [-0.4, -0.2) is 12.7 Å². The fourth-order valence-corrected chi connectivity index (χ4v) is 2.83. The molecule has 1 aromatic heterocycles. The molecular formula is C10H14O2S. The van der Waals surface area contributed by atoms with Crippen molar-refractivity contribution in [3.8, 4) is 0 Å². The number of hydrogen-bond donors (Lipinski definition) is 0. The van der Waals surface area contributed by atoms with Crippen LogP contribution in [0.2, 0.25) is 0 Å². The van der Waals surface area contributed by atoms with E-state index in [9.17, 15) is 0 Å². The van der Waals surface area contributed by atoms with Crippen molar-refractivity contribution in [3.05, 3.63) is 21.9 Å². The van der Waals surface area contributed by atoms with Crippen LogP contribution in [0, 0.1) is 6.92 Å².